The summed E-state index contributed by atoms with van der Waals surface area (Å²) in [5.41, 5.74) is 3.32. The van der Waals surface area contributed by atoms with Crippen molar-refractivity contribution in [1.82, 2.24) is 4.98 Å². The van der Waals surface area contributed by atoms with Gasteiger partial charge in [-0.3, -0.25) is 0 Å². The molecule has 1 heterocycles. The van der Waals surface area contributed by atoms with E-state index in [2.05, 4.69) is 11.1 Å². The Hall–Kier alpha value is -1.89. The van der Waals surface area contributed by atoms with Crippen molar-refractivity contribution in [2.24, 2.45) is 0 Å². The van der Waals surface area contributed by atoms with Crippen LogP contribution in [0.2, 0.25) is 5.02 Å². The second kappa shape index (κ2) is 5.83. The zero-order valence-electron chi connectivity index (χ0n) is 10.3. The molecular formula is C15H11ClN2S. The lowest BCUT2D eigenvalue weighted by Crippen LogP contribution is -1.90. The van der Waals surface area contributed by atoms with Gasteiger partial charge < -0.3 is 4.98 Å². The lowest BCUT2D eigenvalue weighted by atomic mass is 10.1. The third kappa shape index (κ3) is 3.31. The normalized spacial score (nSPS) is 10.6. The van der Waals surface area contributed by atoms with E-state index in [4.69, 9.17) is 29.1 Å². The van der Waals surface area contributed by atoms with Crippen LogP contribution in [0.5, 0.6) is 0 Å². The molecule has 0 saturated carbocycles. The Morgan fingerprint density at radius 2 is 1.95 bits per heavy atom. The molecule has 0 aliphatic carbocycles. The van der Waals surface area contributed by atoms with E-state index in [1.54, 1.807) is 0 Å². The quantitative estimate of drug-likeness (QED) is 0.809. The van der Waals surface area contributed by atoms with Gasteiger partial charge in [-0.2, -0.15) is 5.26 Å². The molecule has 0 radical (unpaired) electrons. The summed E-state index contributed by atoms with van der Waals surface area (Å²) in [6.07, 6.45) is 3.88. The fourth-order valence-corrected chi connectivity index (χ4v) is 2.15. The summed E-state index contributed by atoms with van der Waals surface area (Å²) in [4.78, 5) is 3.03. The molecule has 94 valence electrons. The van der Waals surface area contributed by atoms with Crippen molar-refractivity contribution in [2.75, 3.05) is 0 Å². The molecule has 1 aromatic carbocycles. The van der Waals surface area contributed by atoms with E-state index in [1.807, 2.05) is 49.4 Å². The number of halogens is 1. The van der Waals surface area contributed by atoms with Gasteiger partial charge in [0.15, 0.2) is 0 Å². The number of benzene rings is 1. The summed E-state index contributed by atoms with van der Waals surface area (Å²) in [6.45, 7) is 1.88. The fourth-order valence-electron chi connectivity index (χ4n) is 1.70. The zero-order chi connectivity index (χ0) is 13.8. The van der Waals surface area contributed by atoms with Crippen LogP contribution in [0.15, 0.2) is 30.3 Å². The Bertz CT molecular complexity index is 721. The molecule has 0 aliphatic rings. The molecule has 0 fully saturated rings. The van der Waals surface area contributed by atoms with Gasteiger partial charge in [0, 0.05) is 10.7 Å². The van der Waals surface area contributed by atoms with Crippen molar-refractivity contribution in [3.05, 3.63) is 62.4 Å². The minimum absolute atomic E-state index is 0.471. The molecule has 4 heteroatoms. The summed E-state index contributed by atoms with van der Waals surface area (Å²) in [5, 5.41) is 9.67. The lowest BCUT2D eigenvalue weighted by molar-refractivity contribution is 1.21. The number of aromatic amines is 1. The predicted molar refractivity (Wildman–Crippen MR) is 81.5 cm³/mol. The Morgan fingerprint density at radius 3 is 2.53 bits per heavy atom. The molecule has 1 aromatic heterocycles. The highest BCUT2D eigenvalue weighted by molar-refractivity contribution is 7.71. The second-order valence-electron chi connectivity index (χ2n) is 4.11. The van der Waals surface area contributed by atoms with Gasteiger partial charge in [-0.25, -0.2) is 0 Å². The molecular weight excluding hydrogens is 276 g/mol. The van der Waals surface area contributed by atoms with Gasteiger partial charge in [0.1, 0.15) is 10.7 Å². The molecule has 0 spiro atoms. The molecule has 0 aliphatic heterocycles. The van der Waals surface area contributed by atoms with E-state index >= 15 is 0 Å². The maximum absolute atomic E-state index is 8.96. The number of pyridine rings is 1. The molecule has 1 N–H and O–H groups in total. The van der Waals surface area contributed by atoms with E-state index in [9.17, 15) is 0 Å². The van der Waals surface area contributed by atoms with Crippen molar-refractivity contribution >= 4 is 36.0 Å². The summed E-state index contributed by atoms with van der Waals surface area (Å²) >= 11 is 11.0. The first-order valence-corrected chi connectivity index (χ1v) is 6.46. The fraction of sp³-hybridized carbons (Fsp3) is 0.0667. The summed E-state index contributed by atoms with van der Waals surface area (Å²) in [5.74, 6) is 0. The van der Waals surface area contributed by atoms with Gasteiger partial charge in [-0.1, -0.05) is 42.0 Å². The van der Waals surface area contributed by atoms with Gasteiger partial charge in [0.25, 0.3) is 0 Å². The maximum Gasteiger partial charge on any atom is 0.121 e. The molecule has 2 nitrogen and oxygen atoms in total. The number of aromatic nitrogens is 1. The third-order valence-electron chi connectivity index (χ3n) is 2.69. The van der Waals surface area contributed by atoms with Gasteiger partial charge in [0.2, 0.25) is 0 Å². The van der Waals surface area contributed by atoms with Crippen LogP contribution in [0, 0.1) is 22.9 Å². The minimum Gasteiger partial charge on any atom is -0.345 e. The average Bonchev–Trinajstić information content (AvgIpc) is 2.38. The van der Waals surface area contributed by atoms with Crippen molar-refractivity contribution in [2.45, 2.75) is 6.92 Å². The molecule has 2 rings (SSSR count). The minimum atomic E-state index is 0.471. The smallest absolute Gasteiger partial charge is 0.121 e. The lowest BCUT2D eigenvalue weighted by Gasteiger charge is -2.01. The molecule has 19 heavy (non-hydrogen) atoms. The average molecular weight is 287 g/mol. The highest BCUT2D eigenvalue weighted by atomic mass is 35.5. The number of nitrogens with one attached hydrogen (secondary N) is 1. The van der Waals surface area contributed by atoms with E-state index in [1.165, 1.54) is 0 Å². The number of aryl methyl sites for hydroxylation is 1. The van der Waals surface area contributed by atoms with Crippen LogP contribution in [-0.4, -0.2) is 4.98 Å². The number of nitrogens with zero attached hydrogens (tertiary/aromatic N) is 1. The molecule has 2 aromatic rings. The summed E-state index contributed by atoms with van der Waals surface area (Å²) in [7, 11) is 0. The van der Waals surface area contributed by atoms with Crippen LogP contribution in [0.3, 0.4) is 0 Å². The van der Waals surface area contributed by atoms with Crippen molar-refractivity contribution in [1.29, 1.82) is 5.26 Å². The first-order chi connectivity index (χ1) is 9.10. The van der Waals surface area contributed by atoms with Gasteiger partial charge >= 0.3 is 0 Å². The number of nitriles is 1. The molecule has 0 amide bonds. The predicted octanol–water partition coefficient (Wildman–Crippen LogP) is 4.75. The van der Waals surface area contributed by atoms with E-state index in [0.29, 0.717) is 15.2 Å². The van der Waals surface area contributed by atoms with Crippen molar-refractivity contribution in [3.63, 3.8) is 0 Å². The Kier molecular flexibility index (Phi) is 4.16. The largest absolute Gasteiger partial charge is 0.345 e. The van der Waals surface area contributed by atoms with Crippen molar-refractivity contribution < 1.29 is 0 Å². The van der Waals surface area contributed by atoms with Crippen LogP contribution in [0.1, 0.15) is 22.4 Å². The highest BCUT2D eigenvalue weighted by Gasteiger charge is 2.00. The first-order valence-electron chi connectivity index (χ1n) is 5.68. The Labute approximate surface area is 122 Å². The summed E-state index contributed by atoms with van der Waals surface area (Å²) < 4.78 is 0.471. The number of hydrogen-bond acceptors (Lipinski definition) is 2. The molecule has 0 unspecified atom stereocenters. The van der Waals surface area contributed by atoms with E-state index in [-0.39, 0.29) is 0 Å². The van der Waals surface area contributed by atoms with Crippen LogP contribution in [0.25, 0.3) is 12.2 Å². The van der Waals surface area contributed by atoms with Gasteiger partial charge in [-0.15, -0.1) is 0 Å². The number of hydrogen-bond donors (Lipinski definition) is 1. The number of rotatable bonds is 2. The number of H-pyrrole nitrogens is 1. The standard InChI is InChI=1S/C15H11ClN2S/c1-10-8-13(18-15(19)14(10)9-17)7-4-11-2-5-12(16)6-3-11/h2-8H,1H3,(H,18,19)/b7-4+. The Balaban J connectivity index is 2.32. The summed E-state index contributed by atoms with van der Waals surface area (Å²) in [6, 6.07) is 11.6. The van der Waals surface area contributed by atoms with Gasteiger partial charge in [0.05, 0.1) is 5.56 Å². The van der Waals surface area contributed by atoms with Crippen molar-refractivity contribution in [3.8, 4) is 6.07 Å². The highest BCUT2D eigenvalue weighted by Crippen LogP contribution is 2.14. The molecule has 0 bridgehead atoms. The topological polar surface area (TPSA) is 39.6 Å². The van der Waals surface area contributed by atoms with Crippen LogP contribution in [0.4, 0.5) is 0 Å². The zero-order valence-corrected chi connectivity index (χ0v) is 11.8. The van der Waals surface area contributed by atoms with Gasteiger partial charge in [-0.05, 0) is 42.3 Å². The molecule has 0 saturated heterocycles. The maximum atomic E-state index is 8.96. The van der Waals surface area contributed by atoms with Crippen LogP contribution in [-0.2, 0) is 0 Å². The monoisotopic (exact) mass is 286 g/mol. The molecule has 0 atom stereocenters. The first kappa shape index (κ1) is 13.5. The second-order valence-corrected chi connectivity index (χ2v) is 4.95. The van der Waals surface area contributed by atoms with Crippen LogP contribution >= 0.6 is 23.8 Å². The van der Waals surface area contributed by atoms with Crippen LogP contribution < -0.4 is 0 Å². The third-order valence-corrected chi connectivity index (χ3v) is 3.25. The Morgan fingerprint density at radius 1 is 1.26 bits per heavy atom. The van der Waals surface area contributed by atoms with E-state index in [0.717, 1.165) is 16.8 Å². The van der Waals surface area contributed by atoms with E-state index < -0.39 is 0 Å². The SMILES string of the molecule is Cc1cc(/C=C/c2ccc(Cl)cc2)[nH]c(=S)c1C#N.